The summed E-state index contributed by atoms with van der Waals surface area (Å²) < 4.78 is 12.5. The van der Waals surface area contributed by atoms with Crippen LogP contribution in [0.4, 0.5) is 9.93 Å². The summed E-state index contributed by atoms with van der Waals surface area (Å²) in [6.45, 7) is 3.69. The number of nitrogens with zero attached hydrogens (tertiary/aromatic N) is 3. The highest BCUT2D eigenvalue weighted by molar-refractivity contribution is 9.10. The van der Waals surface area contributed by atoms with Gasteiger partial charge in [-0.15, -0.1) is 0 Å². The summed E-state index contributed by atoms with van der Waals surface area (Å²) in [5, 5.41) is 0.990. The van der Waals surface area contributed by atoms with Gasteiger partial charge in [0, 0.05) is 32.2 Å². The number of carbonyl (C=O) groups is 1. The number of carbonyl (C=O) groups excluding carboxylic acids is 1. The van der Waals surface area contributed by atoms with Gasteiger partial charge in [-0.1, -0.05) is 11.3 Å². The average Bonchev–Trinajstić information content (AvgIpc) is 3.03. The van der Waals surface area contributed by atoms with E-state index in [-0.39, 0.29) is 6.09 Å². The molecule has 0 atom stereocenters. The Morgan fingerprint density at radius 2 is 2.16 bits per heavy atom. The average molecular weight is 428 g/mol. The van der Waals surface area contributed by atoms with E-state index < -0.39 is 0 Å². The van der Waals surface area contributed by atoms with E-state index in [4.69, 9.17) is 14.5 Å². The number of benzene rings is 1. The first kappa shape index (κ1) is 18.3. The van der Waals surface area contributed by atoms with Crippen LogP contribution in [0, 0.1) is 0 Å². The maximum atomic E-state index is 11.8. The molecule has 0 saturated carbocycles. The molecule has 1 aliphatic rings. The van der Waals surface area contributed by atoms with Crippen molar-refractivity contribution in [3.63, 3.8) is 0 Å². The van der Waals surface area contributed by atoms with Crippen LogP contribution in [0.5, 0.6) is 5.75 Å². The van der Waals surface area contributed by atoms with Crippen LogP contribution in [-0.2, 0) is 4.74 Å². The van der Waals surface area contributed by atoms with E-state index in [1.807, 2.05) is 19.1 Å². The van der Waals surface area contributed by atoms with Crippen molar-refractivity contribution in [1.82, 2.24) is 9.88 Å². The van der Waals surface area contributed by atoms with E-state index in [1.54, 1.807) is 23.3 Å². The molecule has 8 heteroatoms. The molecular formula is C17H22BrN3O3S. The third-order valence-corrected chi connectivity index (χ3v) is 6.22. The van der Waals surface area contributed by atoms with Crippen molar-refractivity contribution in [2.24, 2.45) is 0 Å². The normalized spacial score (nSPS) is 15.4. The van der Waals surface area contributed by atoms with Gasteiger partial charge >= 0.3 is 6.09 Å². The molecule has 25 heavy (non-hydrogen) atoms. The van der Waals surface area contributed by atoms with E-state index in [1.165, 1.54) is 0 Å². The second kappa shape index (κ2) is 7.78. The lowest BCUT2D eigenvalue weighted by Crippen LogP contribution is -2.45. The van der Waals surface area contributed by atoms with E-state index >= 15 is 0 Å². The van der Waals surface area contributed by atoms with Gasteiger partial charge in [-0.25, -0.2) is 9.78 Å². The molecule has 2 aromatic rings. The smallest absolute Gasteiger partial charge is 0.409 e. The number of likely N-dealkylation sites (tertiary alicyclic amines) is 1. The molecule has 1 aromatic carbocycles. The second-order valence-corrected chi connectivity index (χ2v) is 7.84. The maximum absolute atomic E-state index is 11.8. The molecule has 136 valence electrons. The molecule has 0 aliphatic carbocycles. The number of ether oxygens (including phenoxy) is 2. The minimum atomic E-state index is -0.208. The second-order valence-electron chi connectivity index (χ2n) is 5.98. The van der Waals surface area contributed by atoms with Gasteiger partial charge in [-0.05, 0) is 41.8 Å². The Balaban J connectivity index is 1.70. The number of methoxy groups -OCH3 is 1. The Morgan fingerprint density at radius 3 is 2.80 bits per heavy atom. The van der Waals surface area contributed by atoms with Gasteiger partial charge in [0.2, 0.25) is 0 Å². The Bertz CT molecular complexity index is 759. The van der Waals surface area contributed by atoms with Crippen LogP contribution >= 0.6 is 27.3 Å². The SMILES string of the molecule is CCOC(=O)N1CCC(N(C)c2nc3cc(Br)c(OC)cc3s2)CC1. The van der Waals surface area contributed by atoms with E-state index in [2.05, 4.69) is 27.9 Å². The van der Waals surface area contributed by atoms with Crippen molar-refractivity contribution in [2.75, 3.05) is 38.8 Å². The molecule has 0 spiro atoms. The van der Waals surface area contributed by atoms with Crippen molar-refractivity contribution >= 4 is 48.7 Å². The summed E-state index contributed by atoms with van der Waals surface area (Å²) in [6, 6.07) is 4.37. The molecule has 3 rings (SSSR count). The van der Waals surface area contributed by atoms with Crippen LogP contribution in [0.3, 0.4) is 0 Å². The number of amides is 1. The molecule has 1 aliphatic heterocycles. The number of thiazole rings is 1. The lowest BCUT2D eigenvalue weighted by atomic mass is 10.0. The highest BCUT2D eigenvalue weighted by Crippen LogP contribution is 2.36. The topological polar surface area (TPSA) is 54.9 Å². The fourth-order valence-corrected chi connectivity index (χ4v) is 4.53. The molecule has 1 amide bonds. The number of rotatable bonds is 4. The van der Waals surface area contributed by atoms with Gasteiger partial charge in [-0.2, -0.15) is 0 Å². The number of aromatic nitrogens is 1. The predicted octanol–water partition coefficient (Wildman–Crippen LogP) is 4.12. The lowest BCUT2D eigenvalue weighted by molar-refractivity contribution is 0.0971. The minimum absolute atomic E-state index is 0.208. The standard InChI is InChI=1S/C17H22BrN3O3S/c1-4-24-17(22)21-7-5-11(6-8-21)20(2)16-19-13-9-12(18)14(23-3)10-15(13)25-16/h9-11H,4-8H2,1-3H3. The lowest BCUT2D eigenvalue weighted by Gasteiger charge is -2.36. The fourth-order valence-electron chi connectivity index (χ4n) is 3.03. The minimum Gasteiger partial charge on any atom is -0.496 e. The monoisotopic (exact) mass is 427 g/mol. The maximum Gasteiger partial charge on any atom is 0.409 e. The molecule has 2 heterocycles. The molecular weight excluding hydrogens is 406 g/mol. The van der Waals surface area contributed by atoms with Gasteiger partial charge in [0.05, 0.1) is 28.4 Å². The van der Waals surface area contributed by atoms with Gasteiger partial charge in [-0.3, -0.25) is 0 Å². The zero-order chi connectivity index (χ0) is 18.0. The number of halogens is 1. The summed E-state index contributed by atoms with van der Waals surface area (Å²) in [7, 11) is 3.74. The van der Waals surface area contributed by atoms with Crippen LogP contribution in [-0.4, -0.2) is 55.9 Å². The summed E-state index contributed by atoms with van der Waals surface area (Å²) in [4.78, 5) is 20.6. The summed E-state index contributed by atoms with van der Waals surface area (Å²) >= 11 is 5.17. The highest BCUT2D eigenvalue weighted by Gasteiger charge is 2.27. The van der Waals surface area contributed by atoms with Gasteiger partial charge < -0.3 is 19.3 Å². The Kier molecular flexibility index (Phi) is 5.68. The predicted molar refractivity (Wildman–Crippen MR) is 104 cm³/mol. The molecule has 1 aromatic heterocycles. The molecule has 0 radical (unpaired) electrons. The largest absolute Gasteiger partial charge is 0.496 e. The number of hydrogen-bond donors (Lipinski definition) is 0. The first-order valence-corrected chi connectivity index (χ1v) is 9.93. The summed E-state index contributed by atoms with van der Waals surface area (Å²) in [6.07, 6.45) is 1.62. The van der Waals surface area contributed by atoms with E-state index in [0.717, 1.165) is 51.5 Å². The number of fused-ring (bicyclic) bond motifs is 1. The first-order chi connectivity index (χ1) is 12.0. The Morgan fingerprint density at radius 1 is 1.44 bits per heavy atom. The quantitative estimate of drug-likeness (QED) is 0.733. The van der Waals surface area contributed by atoms with Gasteiger partial charge in [0.1, 0.15) is 5.75 Å². The van der Waals surface area contributed by atoms with Crippen molar-refractivity contribution in [1.29, 1.82) is 0 Å². The first-order valence-electron chi connectivity index (χ1n) is 8.32. The number of hydrogen-bond acceptors (Lipinski definition) is 6. The molecule has 0 bridgehead atoms. The zero-order valence-electron chi connectivity index (χ0n) is 14.6. The number of piperidine rings is 1. The van der Waals surface area contributed by atoms with E-state index in [0.29, 0.717) is 12.6 Å². The van der Waals surface area contributed by atoms with Gasteiger partial charge in [0.25, 0.3) is 0 Å². The molecule has 1 saturated heterocycles. The number of anilines is 1. The van der Waals surface area contributed by atoms with Crippen LogP contribution in [0.15, 0.2) is 16.6 Å². The van der Waals surface area contributed by atoms with Crippen LogP contribution < -0.4 is 9.64 Å². The molecule has 0 N–H and O–H groups in total. The van der Waals surface area contributed by atoms with Gasteiger partial charge in [0.15, 0.2) is 5.13 Å². The Labute approximate surface area is 159 Å². The fraction of sp³-hybridized carbons (Fsp3) is 0.529. The Hall–Kier alpha value is -1.54. The van der Waals surface area contributed by atoms with E-state index in [9.17, 15) is 4.79 Å². The highest BCUT2D eigenvalue weighted by atomic mass is 79.9. The zero-order valence-corrected chi connectivity index (χ0v) is 17.0. The summed E-state index contributed by atoms with van der Waals surface area (Å²) in [5.74, 6) is 0.813. The van der Waals surface area contributed by atoms with Crippen molar-refractivity contribution < 1.29 is 14.3 Å². The van der Waals surface area contributed by atoms with Crippen molar-refractivity contribution in [2.45, 2.75) is 25.8 Å². The van der Waals surface area contributed by atoms with Crippen molar-refractivity contribution in [3.8, 4) is 5.75 Å². The third-order valence-electron chi connectivity index (χ3n) is 4.49. The third kappa shape index (κ3) is 3.84. The molecule has 6 nitrogen and oxygen atoms in total. The van der Waals surface area contributed by atoms with Crippen LogP contribution in [0.2, 0.25) is 0 Å². The van der Waals surface area contributed by atoms with Crippen LogP contribution in [0.1, 0.15) is 19.8 Å². The molecule has 0 unspecified atom stereocenters. The molecule has 1 fully saturated rings. The summed E-state index contributed by atoms with van der Waals surface area (Å²) in [5.41, 5.74) is 0.962. The van der Waals surface area contributed by atoms with Crippen LogP contribution in [0.25, 0.3) is 10.2 Å². The van der Waals surface area contributed by atoms with Crippen molar-refractivity contribution in [3.05, 3.63) is 16.6 Å².